The number of thiophene rings is 1. The maximum absolute atomic E-state index is 13.6. The minimum absolute atomic E-state index is 0.0148. The molecule has 1 fully saturated rings. The molecule has 1 aliphatic rings. The molecular weight excluding hydrogens is 375 g/mol. The van der Waals surface area contributed by atoms with E-state index in [9.17, 15) is 9.18 Å². The summed E-state index contributed by atoms with van der Waals surface area (Å²) in [6, 6.07) is 6.19. The van der Waals surface area contributed by atoms with E-state index in [0.717, 1.165) is 15.3 Å². The summed E-state index contributed by atoms with van der Waals surface area (Å²) in [5.41, 5.74) is 0.650. The fourth-order valence-corrected chi connectivity index (χ4v) is 4.72. The van der Waals surface area contributed by atoms with Gasteiger partial charge in [0.05, 0.1) is 22.5 Å². The van der Waals surface area contributed by atoms with E-state index in [4.69, 9.17) is 22.3 Å². The summed E-state index contributed by atoms with van der Waals surface area (Å²) in [6.07, 6.45) is 0.165. The molecule has 0 radical (unpaired) electrons. The van der Waals surface area contributed by atoms with Gasteiger partial charge in [0.2, 0.25) is 5.91 Å². The predicted octanol–water partition coefficient (Wildman–Crippen LogP) is 3.99. The van der Waals surface area contributed by atoms with E-state index in [-0.39, 0.29) is 23.9 Å². The Kier molecular flexibility index (Phi) is 4.51. The summed E-state index contributed by atoms with van der Waals surface area (Å²) in [4.78, 5) is 15.0. The molecule has 8 heteroatoms. The number of nitrogens with zero attached hydrogens (tertiary/aromatic N) is 2. The first-order valence-electron chi connectivity index (χ1n) is 7.80. The molecule has 1 amide bonds. The van der Waals surface area contributed by atoms with Gasteiger partial charge in [-0.2, -0.15) is 5.26 Å². The van der Waals surface area contributed by atoms with Gasteiger partial charge in [-0.3, -0.25) is 15.1 Å². The molecule has 3 rings (SSSR count). The Balaban J connectivity index is 2.10. The van der Waals surface area contributed by atoms with Crippen LogP contribution in [-0.4, -0.2) is 23.8 Å². The zero-order valence-electron chi connectivity index (χ0n) is 14.4. The normalized spacial score (nSPS) is 20.1. The average molecular weight is 391 g/mol. The zero-order valence-corrected chi connectivity index (χ0v) is 16.0. The lowest BCUT2D eigenvalue weighted by Gasteiger charge is -2.38. The third kappa shape index (κ3) is 2.85. The Hall–Kier alpha value is -2.43. The first-order valence-corrected chi connectivity index (χ1v) is 9.00. The maximum atomic E-state index is 13.6. The maximum Gasteiger partial charge on any atom is 0.231 e. The molecule has 1 aliphatic heterocycles. The molecule has 0 aliphatic carbocycles. The van der Waals surface area contributed by atoms with Crippen LogP contribution in [0.4, 0.5) is 4.39 Å². The smallest absolute Gasteiger partial charge is 0.231 e. The van der Waals surface area contributed by atoms with Crippen molar-refractivity contribution in [2.24, 2.45) is 0 Å². The van der Waals surface area contributed by atoms with Gasteiger partial charge < -0.3 is 5.32 Å². The van der Waals surface area contributed by atoms with Crippen LogP contribution in [0.25, 0.3) is 10.4 Å². The summed E-state index contributed by atoms with van der Waals surface area (Å²) in [5, 5.41) is 20.6. The van der Waals surface area contributed by atoms with Gasteiger partial charge in [-0.25, -0.2) is 4.39 Å². The number of carbonyl (C=O) groups is 1. The van der Waals surface area contributed by atoms with Crippen LogP contribution < -0.4 is 5.32 Å². The van der Waals surface area contributed by atoms with Crippen molar-refractivity contribution in [3.05, 3.63) is 45.0 Å². The van der Waals surface area contributed by atoms with E-state index >= 15 is 0 Å². The molecule has 0 spiro atoms. The van der Waals surface area contributed by atoms with E-state index in [0.29, 0.717) is 10.6 Å². The molecule has 1 saturated heterocycles. The molecule has 0 unspecified atom stereocenters. The third-order valence-corrected chi connectivity index (χ3v) is 6.72. The van der Waals surface area contributed by atoms with Crippen molar-refractivity contribution >= 4 is 34.8 Å². The standard InChI is InChI=1S/C18H16ClFN4OS/c1-9-14(19)16(18(2)7-13(25)24(3)17(22)23-18)26-15(9)10-4-5-12(20)11(6-10)8-21/h4-6H,7H2,1-3H3,(H2,22,23)/t18-/m0/s1. The van der Waals surface area contributed by atoms with Gasteiger partial charge >= 0.3 is 0 Å². The Morgan fingerprint density at radius 1 is 1.50 bits per heavy atom. The van der Waals surface area contributed by atoms with Crippen LogP contribution in [0, 0.1) is 29.5 Å². The molecule has 0 bridgehead atoms. The summed E-state index contributed by atoms with van der Waals surface area (Å²) in [6.45, 7) is 3.68. The van der Waals surface area contributed by atoms with Crippen LogP contribution in [0.15, 0.2) is 18.2 Å². The number of benzene rings is 1. The van der Waals surface area contributed by atoms with E-state index < -0.39 is 11.4 Å². The molecular formula is C18H16ClFN4OS. The number of nitrogens with one attached hydrogen (secondary N) is 2. The van der Waals surface area contributed by atoms with E-state index in [1.165, 1.54) is 28.4 Å². The lowest BCUT2D eigenvalue weighted by molar-refractivity contribution is -0.129. The summed E-state index contributed by atoms with van der Waals surface area (Å²) < 4.78 is 13.6. The van der Waals surface area contributed by atoms with E-state index in [1.807, 2.05) is 19.9 Å². The lowest BCUT2D eigenvalue weighted by Crippen LogP contribution is -2.57. The SMILES string of the molecule is Cc1c(-c2ccc(F)c(C#N)c2)sc([C@]2(C)CC(=O)N(C)C(=N)N2)c1Cl. The third-order valence-electron chi connectivity index (χ3n) is 4.53. The molecule has 2 aromatic rings. The first-order chi connectivity index (χ1) is 12.2. The highest BCUT2D eigenvalue weighted by molar-refractivity contribution is 7.16. The van der Waals surface area contributed by atoms with Crippen molar-refractivity contribution in [3.63, 3.8) is 0 Å². The van der Waals surface area contributed by atoms with Crippen molar-refractivity contribution in [2.75, 3.05) is 7.05 Å². The highest BCUT2D eigenvalue weighted by Gasteiger charge is 2.41. The number of hydrogen-bond acceptors (Lipinski definition) is 4. The monoisotopic (exact) mass is 390 g/mol. The molecule has 1 aromatic heterocycles. The Labute approximate surface area is 159 Å². The average Bonchev–Trinajstić information content (AvgIpc) is 2.89. The van der Waals surface area contributed by atoms with Crippen molar-refractivity contribution < 1.29 is 9.18 Å². The summed E-state index contributed by atoms with van der Waals surface area (Å²) >= 11 is 7.94. The first kappa shape index (κ1) is 18.4. The van der Waals surface area contributed by atoms with Crippen LogP contribution in [0.3, 0.4) is 0 Å². The second-order valence-corrected chi connectivity index (χ2v) is 7.84. The second-order valence-electron chi connectivity index (χ2n) is 6.44. The number of halogens is 2. The van der Waals surface area contributed by atoms with Crippen LogP contribution in [0.1, 0.15) is 29.3 Å². The number of amides is 1. The number of hydrogen-bond donors (Lipinski definition) is 2. The van der Waals surface area contributed by atoms with Gasteiger partial charge in [0.25, 0.3) is 0 Å². The van der Waals surface area contributed by atoms with Crippen molar-refractivity contribution in [1.29, 1.82) is 10.7 Å². The van der Waals surface area contributed by atoms with E-state index in [2.05, 4.69) is 5.32 Å². The zero-order chi connectivity index (χ0) is 19.2. The van der Waals surface area contributed by atoms with Crippen molar-refractivity contribution in [2.45, 2.75) is 25.8 Å². The van der Waals surface area contributed by atoms with Crippen LogP contribution in [0.5, 0.6) is 0 Å². The largest absolute Gasteiger partial charge is 0.345 e. The van der Waals surface area contributed by atoms with Gasteiger partial charge in [-0.15, -0.1) is 11.3 Å². The van der Waals surface area contributed by atoms with Crippen LogP contribution in [0.2, 0.25) is 5.02 Å². The Bertz CT molecular complexity index is 960. The quantitative estimate of drug-likeness (QED) is 0.813. The van der Waals surface area contributed by atoms with Gasteiger partial charge in [0.1, 0.15) is 11.9 Å². The van der Waals surface area contributed by atoms with Crippen LogP contribution >= 0.6 is 22.9 Å². The Morgan fingerprint density at radius 2 is 2.19 bits per heavy atom. The van der Waals surface area contributed by atoms with Crippen LogP contribution in [-0.2, 0) is 10.3 Å². The molecule has 1 atom stereocenters. The summed E-state index contributed by atoms with van der Waals surface area (Å²) in [5.74, 6) is -0.728. The minimum atomic E-state index is -0.802. The van der Waals surface area contributed by atoms with Crippen molar-refractivity contribution in [1.82, 2.24) is 10.2 Å². The topological polar surface area (TPSA) is 80.0 Å². The molecule has 0 saturated carbocycles. The predicted molar refractivity (Wildman–Crippen MR) is 99.8 cm³/mol. The molecule has 2 N–H and O–H groups in total. The fraction of sp³-hybridized carbons (Fsp3) is 0.278. The van der Waals surface area contributed by atoms with E-state index in [1.54, 1.807) is 13.1 Å². The second kappa shape index (κ2) is 6.38. The highest BCUT2D eigenvalue weighted by atomic mass is 35.5. The van der Waals surface area contributed by atoms with Gasteiger partial charge in [0.15, 0.2) is 5.96 Å². The molecule has 26 heavy (non-hydrogen) atoms. The Morgan fingerprint density at radius 3 is 2.81 bits per heavy atom. The van der Waals surface area contributed by atoms with Crippen molar-refractivity contribution in [3.8, 4) is 16.5 Å². The fourth-order valence-electron chi connectivity index (χ4n) is 2.95. The number of carbonyl (C=O) groups excluding carboxylic acids is 1. The lowest BCUT2D eigenvalue weighted by atomic mass is 9.92. The number of nitriles is 1. The summed E-state index contributed by atoms with van der Waals surface area (Å²) in [7, 11) is 1.55. The molecule has 2 heterocycles. The molecule has 5 nitrogen and oxygen atoms in total. The number of guanidine groups is 1. The minimum Gasteiger partial charge on any atom is -0.345 e. The van der Waals surface area contributed by atoms with Gasteiger partial charge in [-0.1, -0.05) is 17.7 Å². The van der Waals surface area contributed by atoms with Gasteiger partial charge in [-0.05, 0) is 37.1 Å². The molecule has 1 aromatic carbocycles. The van der Waals surface area contributed by atoms with Gasteiger partial charge in [0, 0.05) is 16.8 Å². The highest BCUT2D eigenvalue weighted by Crippen LogP contribution is 2.46. The number of rotatable bonds is 2. The molecule has 134 valence electrons.